The van der Waals surface area contributed by atoms with Crippen molar-refractivity contribution in [2.24, 2.45) is 22.7 Å². The molecule has 0 aromatic rings. The molecule has 0 amide bonds. The van der Waals surface area contributed by atoms with Crippen molar-refractivity contribution in [3.8, 4) is 0 Å². The van der Waals surface area contributed by atoms with Gasteiger partial charge in [0.2, 0.25) is 17.5 Å². The number of esters is 3. The molecule has 3 fully saturated rings. The lowest BCUT2D eigenvalue weighted by atomic mass is 9.44. The first-order valence-electron chi connectivity index (χ1n) is 18.2. The number of rotatable bonds is 20. The number of aliphatic hydroxyl groups excluding tert-OH is 2. The number of unbranched alkanes of at least 4 members (excludes halogenated alkanes) is 2. The zero-order valence-electron chi connectivity index (χ0n) is 31.0. The lowest BCUT2D eigenvalue weighted by Crippen LogP contribution is -2.71. The Bertz CT molecular complexity index is 1710. The van der Waals surface area contributed by atoms with Crippen LogP contribution in [0.25, 0.3) is 0 Å². The van der Waals surface area contributed by atoms with Gasteiger partial charge in [0.25, 0.3) is 10.2 Å². The van der Waals surface area contributed by atoms with Gasteiger partial charge in [-0.2, -0.15) is 0 Å². The van der Waals surface area contributed by atoms with Gasteiger partial charge in [-0.25, -0.2) is 13.6 Å². The smallest absolute Gasteiger partial charge is 0.345 e. The number of Topliss-reactive ketones (excluding diaryl/α,β-unsaturated/α-hetero) is 1. The van der Waals surface area contributed by atoms with Crippen molar-refractivity contribution in [2.45, 2.75) is 114 Å². The first kappa shape index (κ1) is 44.6. The summed E-state index contributed by atoms with van der Waals surface area (Å²) in [5.41, 5.74) is -9.29. The Labute approximate surface area is 322 Å². The van der Waals surface area contributed by atoms with Crippen molar-refractivity contribution in [3.05, 3.63) is 44.0 Å². The minimum Gasteiger partial charge on any atom is -0.478 e. The minimum absolute atomic E-state index is 0.134. The van der Waals surface area contributed by atoms with Gasteiger partial charge in [0, 0.05) is 29.6 Å². The van der Waals surface area contributed by atoms with Crippen molar-refractivity contribution in [1.82, 2.24) is 0 Å². The third-order valence-electron chi connectivity index (χ3n) is 11.7. The summed E-state index contributed by atoms with van der Waals surface area (Å²) in [5, 5.41) is 51.6. The molecule has 22 heteroatoms. The molecule has 10 atom stereocenters. The molecule has 0 radical (unpaired) electrons. The van der Waals surface area contributed by atoms with Crippen LogP contribution >= 0.6 is 0 Å². The summed E-state index contributed by atoms with van der Waals surface area (Å²) in [6.45, 7) is 0.559. The number of aliphatic carboxylic acids is 1. The van der Waals surface area contributed by atoms with Crippen molar-refractivity contribution in [1.29, 1.82) is 0 Å². The third-order valence-corrected chi connectivity index (χ3v) is 11.7. The molecule has 4 rings (SSSR count). The third kappa shape index (κ3) is 8.75. The number of carbonyl (C=O) groups excluding carboxylic acids is 5. The summed E-state index contributed by atoms with van der Waals surface area (Å²) in [4.78, 5) is 106. The predicted molar refractivity (Wildman–Crippen MR) is 181 cm³/mol. The van der Waals surface area contributed by atoms with E-state index in [9.17, 15) is 64.3 Å². The second-order valence-corrected chi connectivity index (χ2v) is 15.0. The van der Waals surface area contributed by atoms with Crippen LogP contribution < -0.4 is 0 Å². The molecule has 0 saturated heterocycles. The van der Waals surface area contributed by atoms with E-state index in [0.29, 0.717) is 0 Å². The zero-order chi connectivity index (χ0) is 42.5. The van der Waals surface area contributed by atoms with Crippen LogP contribution in [0, 0.1) is 42.9 Å². The number of carboxylic acid groups (broad SMARTS) is 1. The Kier molecular flexibility index (Phi) is 13.7. The molecular formula is C35H44F2N2O18. The summed E-state index contributed by atoms with van der Waals surface area (Å²) in [5.74, 6) is -9.88. The lowest BCUT2D eigenvalue weighted by molar-refractivity contribution is -0.757. The summed E-state index contributed by atoms with van der Waals surface area (Å²) in [6.07, 6.45) is -8.26. The summed E-state index contributed by atoms with van der Waals surface area (Å²) in [6, 6.07) is 0. The van der Waals surface area contributed by atoms with Gasteiger partial charge in [0.1, 0.15) is 12.3 Å². The largest absolute Gasteiger partial charge is 0.478 e. The predicted octanol–water partition coefficient (Wildman–Crippen LogP) is 1.81. The monoisotopic (exact) mass is 818 g/mol. The summed E-state index contributed by atoms with van der Waals surface area (Å²) in [7, 11) is 0. The number of hydrogen-bond donors (Lipinski definition) is 3. The maximum absolute atomic E-state index is 17.7. The number of alkyl halides is 2. The second-order valence-electron chi connectivity index (χ2n) is 15.0. The number of carbonyl (C=O) groups is 6. The fraction of sp³-hybridized carbons (Fsp3) is 0.714. The van der Waals surface area contributed by atoms with E-state index in [0.717, 1.165) is 12.2 Å². The zero-order valence-corrected chi connectivity index (χ0v) is 31.0. The molecule has 316 valence electrons. The number of hydrogen-bond acceptors (Lipinski definition) is 17. The SMILES string of the molecule is C[C@]12C=CC(=O)C=C1[C@@H](F)CC1C3C[C@@H](O)[C@](OC(=O)CCCO[N+](=O)[O-])(C(=O)COC(=O)CC(OC(=O)CCCCCO[N+](=O)[O-])C(=O)O)[C@@]3(C)C[C@H](O)[C@@]12F. The van der Waals surface area contributed by atoms with Crippen molar-refractivity contribution in [3.63, 3.8) is 0 Å². The number of aliphatic hydroxyl groups is 2. The van der Waals surface area contributed by atoms with Gasteiger partial charge in [-0.3, -0.25) is 24.0 Å². The lowest BCUT2D eigenvalue weighted by Gasteiger charge is -2.63. The Morgan fingerprint density at radius 2 is 1.54 bits per heavy atom. The van der Waals surface area contributed by atoms with Crippen LogP contribution in [0.2, 0.25) is 0 Å². The molecule has 3 N–H and O–H groups in total. The first-order chi connectivity index (χ1) is 26.6. The number of ketones is 2. The van der Waals surface area contributed by atoms with Gasteiger partial charge in [-0.1, -0.05) is 19.4 Å². The average Bonchev–Trinajstić information content (AvgIpc) is 3.34. The van der Waals surface area contributed by atoms with E-state index in [-0.39, 0.29) is 44.3 Å². The van der Waals surface area contributed by atoms with E-state index in [1.807, 2.05) is 0 Å². The normalized spacial score (nSPS) is 33.0. The van der Waals surface area contributed by atoms with E-state index < -0.39 is 149 Å². The fourth-order valence-corrected chi connectivity index (χ4v) is 9.08. The van der Waals surface area contributed by atoms with Gasteiger partial charge < -0.3 is 39.2 Å². The molecule has 0 bridgehead atoms. The van der Waals surface area contributed by atoms with Crippen molar-refractivity contribution in [2.75, 3.05) is 19.8 Å². The number of halogens is 2. The highest BCUT2D eigenvalue weighted by Gasteiger charge is 2.79. The number of nitrogens with zero attached hydrogens (tertiary/aromatic N) is 2. The van der Waals surface area contributed by atoms with E-state index >= 15 is 8.78 Å². The molecular weight excluding hydrogens is 774 g/mol. The Morgan fingerprint density at radius 1 is 0.912 bits per heavy atom. The average molecular weight is 819 g/mol. The quantitative estimate of drug-likeness (QED) is 0.0519. The van der Waals surface area contributed by atoms with Crippen LogP contribution in [0.4, 0.5) is 8.78 Å². The van der Waals surface area contributed by atoms with Crippen LogP contribution in [0.15, 0.2) is 23.8 Å². The van der Waals surface area contributed by atoms with Gasteiger partial charge in [-0.05, 0) is 69.1 Å². The van der Waals surface area contributed by atoms with Crippen LogP contribution in [-0.2, 0) is 52.7 Å². The van der Waals surface area contributed by atoms with Crippen LogP contribution in [-0.4, -0.2) is 117 Å². The van der Waals surface area contributed by atoms with Crippen LogP contribution in [0.5, 0.6) is 0 Å². The Hall–Kier alpha value is -5.12. The molecule has 3 saturated carbocycles. The summed E-state index contributed by atoms with van der Waals surface area (Å²) < 4.78 is 49.2. The van der Waals surface area contributed by atoms with E-state index in [1.165, 1.54) is 19.9 Å². The fourth-order valence-electron chi connectivity index (χ4n) is 9.08. The Balaban J connectivity index is 1.56. The molecule has 0 heterocycles. The highest BCUT2D eigenvalue weighted by Crippen LogP contribution is 2.70. The van der Waals surface area contributed by atoms with E-state index in [1.54, 1.807) is 0 Å². The number of fused-ring (bicyclic) bond motifs is 5. The van der Waals surface area contributed by atoms with Gasteiger partial charge in [0.05, 0.1) is 25.7 Å². The maximum Gasteiger partial charge on any atom is 0.345 e. The van der Waals surface area contributed by atoms with Gasteiger partial charge >= 0.3 is 23.9 Å². The maximum atomic E-state index is 17.7. The van der Waals surface area contributed by atoms with Crippen LogP contribution in [0.1, 0.15) is 78.1 Å². The molecule has 0 aromatic heterocycles. The highest BCUT2D eigenvalue weighted by molar-refractivity contribution is 6.01. The Morgan fingerprint density at radius 3 is 2.18 bits per heavy atom. The molecule has 0 spiro atoms. The molecule has 57 heavy (non-hydrogen) atoms. The molecule has 0 aliphatic heterocycles. The van der Waals surface area contributed by atoms with Gasteiger partial charge in [-0.15, -0.1) is 20.2 Å². The topological polar surface area (TPSA) is 296 Å². The van der Waals surface area contributed by atoms with Gasteiger partial charge in [0.15, 0.2) is 18.1 Å². The number of ether oxygens (including phenoxy) is 3. The first-order valence-corrected chi connectivity index (χ1v) is 18.2. The summed E-state index contributed by atoms with van der Waals surface area (Å²) >= 11 is 0. The molecule has 3 unspecified atom stereocenters. The second kappa shape index (κ2) is 17.6. The number of allylic oxidation sites excluding steroid dienone is 4. The van der Waals surface area contributed by atoms with E-state index in [2.05, 4.69) is 9.68 Å². The molecule has 20 nitrogen and oxygen atoms in total. The molecule has 4 aliphatic carbocycles. The van der Waals surface area contributed by atoms with Crippen molar-refractivity contribution >= 4 is 35.4 Å². The minimum atomic E-state index is -2.70. The van der Waals surface area contributed by atoms with E-state index in [4.69, 9.17) is 14.2 Å². The highest BCUT2D eigenvalue weighted by atomic mass is 19.1. The standard InChI is InChI=1S/C35H44F2N2O18/c1-32-10-9-19(40)13-22(32)23(36)14-21-20-15-25(41)35(33(20,2)17-26(42)34(21,32)37,57-29(45)8-6-12-55-39(51)52)27(43)18-53-30(46)16-24(31(47)48)56-28(44)7-4-3-5-11-54-38(49)50/h9-10,13,20-21,23-26,41-42H,3-8,11-12,14-18H2,1-2H3,(H,47,48)/t20?,21?,23-,24?,25+,26-,32-,33-,34-,35-/m0/s1. The molecule has 4 aliphatic rings. The van der Waals surface area contributed by atoms with Crippen LogP contribution in [0.3, 0.4) is 0 Å². The molecule has 0 aromatic carbocycles. The number of carboxylic acids is 1. The van der Waals surface area contributed by atoms with Crippen molar-refractivity contribution < 1.29 is 86.9 Å².